The van der Waals surface area contributed by atoms with Gasteiger partial charge in [-0.3, -0.25) is 4.79 Å². The maximum atomic E-state index is 11.8. The Hall–Kier alpha value is -2.80. The summed E-state index contributed by atoms with van der Waals surface area (Å²) in [6.45, 7) is 0.298. The first-order valence-electron chi connectivity index (χ1n) is 6.30. The molecule has 2 aromatic rings. The van der Waals surface area contributed by atoms with Crippen LogP contribution in [-0.2, 0) is 6.54 Å². The molecule has 0 saturated carbocycles. The van der Waals surface area contributed by atoms with Crippen molar-refractivity contribution < 1.29 is 9.59 Å². The second kappa shape index (κ2) is 6.77. The van der Waals surface area contributed by atoms with Crippen molar-refractivity contribution in [2.45, 2.75) is 6.54 Å². The number of anilines is 2. The number of pyridine rings is 1. The molecule has 0 aliphatic heterocycles. The highest BCUT2D eigenvalue weighted by molar-refractivity contribution is 6.34. The van der Waals surface area contributed by atoms with E-state index in [0.717, 1.165) is 5.56 Å². The average Bonchev–Trinajstić information content (AvgIpc) is 2.46. The number of rotatable bonds is 4. The molecular weight excluding hydrogens is 306 g/mol. The lowest BCUT2D eigenvalue weighted by atomic mass is 10.2. The van der Waals surface area contributed by atoms with Crippen LogP contribution in [0.1, 0.15) is 15.9 Å². The number of primary amides is 1. The summed E-state index contributed by atoms with van der Waals surface area (Å²) >= 11 is 5.90. The number of halogens is 1. The first-order valence-corrected chi connectivity index (χ1v) is 6.68. The summed E-state index contributed by atoms with van der Waals surface area (Å²) in [5, 5.41) is 5.43. The molecule has 0 radical (unpaired) electrons. The Morgan fingerprint density at radius 1 is 1.23 bits per heavy atom. The van der Waals surface area contributed by atoms with Crippen molar-refractivity contribution >= 4 is 35.0 Å². The van der Waals surface area contributed by atoms with Crippen LogP contribution in [-0.4, -0.2) is 16.9 Å². The molecule has 8 heteroatoms. The van der Waals surface area contributed by atoms with Crippen molar-refractivity contribution in [1.82, 2.24) is 10.3 Å². The summed E-state index contributed by atoms with van der Waals surface area (Å²) < 4.78 is 0. The number of amides is 3. The third kappa shape index (κ3) is 4.10. The van der Waals surface area contributed by atoms with Gasteiger partial charge in [-0.25, -0.2) is 9.78 Å². The van der Waals surface area contributed by atoms with Gasteiger partial charge in [0.2, 0.25) is 5.91 Å². The van der Waals surface area contributed by atoms with E-state index < -0.39 is 11.9 Å². The first kappa shape index (κ1) is 15.6. The quantitative estimate of drug-likeness (QED) is 0.685. The molecule has 0 aliphatic carbocycles. The molecule has 1 heterocycles. The van der Waals surface area contributed by atoms with Gasteiger partial charge in [0.15, 0.2) is 0 Å². The molecule has 7 nitrogen and oxygen atoms in total. The van der Waals surface area contributed by atoms with Crippen molar-refractivity contribution in [3.63, 3.8) is 0 Å². The number of hydrogen-bond donors (Lipinski definition) is 4. The fourth-order valence-electron chi connectivity index (χ4n) is 1.69. The van der Waals surface area contributed by atoms with E-state index in [1.165, 1.54) is 18.2 Å². The van der Waals surface area contributed by atoms with Crippen LogP contribution in [0.5, 0.6) is 0 Å². The number of hydrogen-bond acceptors (Lipinski definition) is 4. The smallest absolute Gasteiger partial charge is 0.319 e. The van der Waals surface area contributed by atoms with Gasteiger partial charge in [-0.1, -0.05) is 17.7 Å². The SMILES string of the molecule is NC(=O)c1ccc(NC(=O)NCc2ccc(N)nc2)cc1Cl. The van der Waals surface area contributed by atoms with Crippen molar-refractivity contribution in [2.75, 3.05) is 11.1 Å². The Bertz CT molecular complexity index is 703. The summed E-state index contributed by atoms with van der Waals surface area (Å²) in [6, 6.07) is 7.44. The highest BCUT2D eigenvalue weighted by Crippen LogP contribution is 2.20. The predicted octanol–water partition coefficient (Wildman–Crippen LogP) is 1.74. The predicted molar refractivity (Wildman–Crippen MR) is 84.5 cm³/mol. The van der Waals surface area contributed by atoms with Gasteiger partial charge < -0.3 is 22.1 Å². The molecule has 22 heavy (non-hydrogen) atoms. The maximum Gasteiger partial charge on any atom is 0.319 e. The van der Waals surface area contributed by atoms with E-state index in [1.807, 2.05) is 0 Å². The minimum atomic E-state index is -0.628. The number of nitrogens with two attached hydrogens (primary N) is 2. The summed E-state index contributed by atoms with van der Waals surface area (Å²) in [6.07, 6.45) is 1.58. The molecular formula is C14H14ClN5O2. The van der Waals surface area contributed by atoms with Crippen LogP contribution >= 0.6 is 11.6 Å². The monoisotopic (exact) mass is 319 g/mol. The minimum Gasteiger partial charge on any atom is -0.384 e. The van der Waals surface area contributed by atoms with Crippen molar-refractivity contribution in [1.29, 1.82) is 0 Å². The van der Waals surface area contributed by atoms with E-state index in [2.05, 4.69) is 15.6 Å². The molecule has 1 aromatic carbocycles. The molecule has 114 valence electrons. The fourth-order valence-corrected chi connectivity index (χ4v) is 1.96. The molecule has 0 spiro atoms. The summed E-state index contributed by atoms with van der Waals surface area (Å²) in [5.41, 5.74) is 12.1. The van der Waals surface area contributed by atoms with Crippen LogP contribution in [0.15, 0.2) is 36.5 Å². The molecule has 2 rings (SSSR count). The van der Waals surface area contributed by atoms with E-state index in [0.29, 0.717) is 18.1 Å². The van der Waals surface area contributed by atoms with Crippen LogP contribution in [0, 0.1) is 0 Å². The molecule has 0 fully saturated rings. The van der Waals surface area contributed by atoms with Crippen molar-refractivity contribution in [3.05, 3.63) is 52.7 Å². The molecule has 0 aliphatic rings. The zero-order valence-corrected chi connectivity index (χ0v) is 12.2. The number of nitrogen functional groups attached to an aromatic ring is 1. The molecule has 3 amide bonds. The fraction of sp³-hybridized carbons (Fsp3) is 0.0714. The Kier molecular flexibility index (Phi) is 4.80. The zero-order valence-electron chi connectivity index (χ0n) is 11.5. The Balaban J connectivity index is 1.93. The number of carbonyl (C=O) groups excluding carboxylic acids is 2. The third-order valence-electron chi connectivity index (χ3n) is 2.79. The van der Waals surface area contributed by atoms with Crippen molar-refractivity contribution in [3.8, 4) is 0 Å². The topological polar surface area (TPSA) is 123 Å². The average molecular weight is 320 g/mol. The van der Waals surface area contributed by atoms with Crippen LogP contribution in [0.3, 0.4) is 0 Å². The lowest BCUT2D eigenvalue weighted by Gasteiger charge is -2.09. The van der Waals surface area contributed by atoms with Crippen LogP contribution in [0.4, 0.5) is 16.3 Å². The minimum absolute atomic E-state index is 0.174. The van der Waals surface area contributed by atoms with Crippen molar-refractivity contribution in [2.24, 2.45) is 5.73 Å². The van der Waals surface area contributed by atoms with Gasteiger partial charge >= 0.3 is 6.03 Å². The van der Waals surface area contributed by atoms with Gasteiger partial charge in [0.1, 0.15) is 5.82 Å². The van der Waals surface area contributed by atoms with Crippen LogP contribution in [0.25, 0.3) is 0 Å². The van der Waals surface area contributed by atoms with E-state index in [9.17, 15) is 9.59 Å². The van der Waals surface area contributed by atoms with Gasteiger partial charge in [0.25, 0.3) is 0 Å². The Labute approximate surface area is 131 Å². The Morgan fingerprint density at radius 2 is 2.00 bits per heavy atom. The summed E-state index contributed by atoms with van der Waals surface area (Å²) in [5.74, 6) is -0.214. The second-order valence-electron chi connectivity index (χ2n) is 4.46. The van der Waals surface area contributed by atoms with Gasteiger partial charge in [-0.15, -0.1) is 0 Å². The lowest BCUT2D eigenvalue weighted by molar-refractivity contribution is 0.100. The van der Waals surface area contributed by atoms with E-state index in [-0.39, 0.29) is 10.6 Å². The van der Waals surface area contributed by atoms with Gasteiger partial charge in [0.05, 0.1) is 10.6 Å². The number of nitrogens with one attached hydrogen (secondary N) is 2. The number of benzene rings is 1. The van der Waals surface area contributed by atoms with Crippen LogP contribution in [0.2, 0.25) is 5.02 Å². The maximum absolute atomic E-state index is 11.8. The third-order valence-corrected chi connectivity index (χ3v) is 3.11. The zero-order chi connectivity index (χ0) is 16.1. The van der Waals surface area contributed by atoms with E-state index in [1.54, 1.807) is 18.3 Å². The number of carbonyl (C=O) groups is 2. The van der Waals surface area contributed by atoms with E-state index >= 15 is 0 Å². The second-order valence-corrected chi connectivity index (χ2v) is 4.87. The molecule has 0 atom stereocenters. The Morgan fingerprint density at radius 3 is 2.59 bits per heavy atom. The highest BCUT2D eigenvalue weighted by atomic mass is 35.5. The molecule has 1 aromatic heterocycles. The summed E-state index contributed by atoms with van der Waals surface area (Å²) in [4.78, 5) is 26.8. The van der Waals surface area contributed by atoms with Gasteiger partial charge in [-0.2, -0.15) is 0 Å². The van der Waals surface area contributed by atoms with Gasteiger partial charge in [-0.05, 0) is 29.8 Å². The number of urea groups is 1. The highest BCUT2D eigenvalue weighted by Gasteiger charge is 2.08. The first-order chi connectivity index (χ1) is 10.5. The van der Waals surface area contributed by atoms with E-state index in [4.69, 9.17) is 23.1 Å². The number of nitrogens with zero attached hydrogens (tertiary/aromatic N) is 1. The standard InChI is InChI=1S/C14H14ClN5O2/c15-11-5-9(2-3-10(11)13(17)21)20-14(22)19-7-8-1-4-12(16)18-6-8/h1-6H,7H2,(H2,16,18)(H2,17,21)(H2,19,20,22). The number of aromatic nitrogens is 1. The lowest BCUT2D eigenvalue weighted by Crippen LogP contribution is -2.28. The normalized spacial score (nSPS) is 10.0. The largest absolute Gasteiger partial charge is 0.384 e. The van der Waals surface area contributed by atoms with Gasteiger partial charge in [0, 0.05) is 18.4 Å². The van der Waals surface area contributed by atoms with Crippen LogP contribution < -0.4 is 22.1 Å². The molecule has 0 unspecified atom stereocenters. The molecule has 6 N–H and O–H groups in total. The molecule has 0 saturated heterocycles. The molecule has 0 bridgehead atoms. The summed E-state index contributed by atoms with van der Waals surface area (Å²) in [7, 11) is 0.